The van der Waals surface area contributed by atoms with Gasteiger partial charge in [0.25, 0.3) is 0 Å². The average Bonchev–Trinajstić information content (AvgIpc) is 3.29. The number of benzene rings is 6. The third-order valence-electron chi connectivity index (χ3n) is 13.9. The van der Waals surface area contributed by atoms with Gasteiger partial charge in [-0.15, -0.1) is 0 Å². The van der Waals surface area contributed by atoms with E-state index in [1.807, 2.05) is 0 Å². The summed E-state index contributed by atoms with van der Waals surface area (Å²) in [5.41, 5.74) is 16.4. The van der Waals surface area contributed by atoms with Crippen LogP contribution in [0.2, 0.25) is 0 Å². The SMILES string of the molecule is CCN(CC)c1ccc(C(c2ccccc2)(c2ccc(N(CC)CC)cc2C)C(c2ccccc2)(c2ccc(N(CC)CC)cc2C)c2ccc(N(CC)CC)cc2C)c(C)c1. The molecular weight excluding hydrogens is 753 g/mol. The van der Waals surface area contributed by atoms with Crippen molar-refractivity contribution in [2.75, 3.05) is 72.0 Å². The number of rotatable bonds is 19. The largest absolute Gasteiger partial charge is 0.372 e. The van der Waals surface area contributed by atoms with Gasteiger partial charge in [0, 0.05) is 75.1 Å². The molecule has 0 amide bonds. The van der Waals surface area contributed by atoms with Crippen molar-refractivity contribution in [3.63, 3.8) is 0 Å². The Hall–Kier alpha value is -5.48. The fraction of sp³-hybridized carbons (Fsp3) is 0.379. The van der Waals surface area contributed by atoms with Crippen LogP contribution in [0, 0.1) is 27.7 Å². The molecule has 0 aromatic heterocycles. The lowest BCUT2D eigenvalue weighted by Crippen LogP contribution is -2.54. The Morgan fingerprint density at radius 2 is 0.500 bits per heavy atom. The lowest BCUT2D eigenvalue weighted by molar-refractivity contribution is 0.413. The molecule has 4 nitrogen and oxygen atoms in total. The van der Waals surface area contributed by atoms with Gasteiger partial charge in [0.2, 0.25) is 0 Å². The molecule has 6 rings (SSSR count). The summed E-state index contributed by atoms with van der Waals surface area (Å²) in [5.74, 6) is 0. The molecule has 0 aliphatic rings. The fourth-order valence-electron chi connectivity index (χ4n) is 10.9. The Balaban J connectivity index is 1.98. The van der Waals surface area contributed by atoms with E-state index in [-0.39, 0.29) is 0 Å². The summed E-state index contributed by atoms with van der Waals surface area (Å²) in [7, 11) is 0. The maximum Gasteiger partial charge on any atom is 0.0634 e. The Bertz CT molecular complexity index is 2070. The Morgan fingerprint density at radius 1 is 0.290 bits per heavy atom. The predicted molar refractivity (Wildman–Crippen MR) is 272 cm³/mol. The van der Waals surface area contributed by atoms with Crippen molar-refractivity contribution < 1.29 is 0 Å². The first-order chi connectivity index (χ1) is 30.0. The molecule has 0 saturated carbocycles. The number of hydrogen-bond donors (Lipinski definition) is 0. The molecule has 326 valence electrons. The van der Waals surface area contributed by atoms with E-state index in [0.29, 0.717) is 0 Å². The van der Waals surface area contributed by atoms with Crippen LogP contribution in [0.1, 0.15) is 111 Å². The molecule has 4 heteroatoms. The monoisotopic (exact) mass is 827 g/mol. The molecular formula is C58H74N4. The summed E-state index contributed by atoms with van der Waals surface area (Å²) < 4.78 is 0. The van der Waals surface area contributed by atoms with Gasteiger partial charge in [0.15, 0.2) is 0 Å². The van der Waals surface area contributed by atoms with Gasteiger partial charge < -0.3 is 19.6 Å². The van der Waals surface area contributed by atoms with E-state index < -0.39 is 10.8 Å². The Morgan fingerprint density at radius 3 is 0.677 bits per heavy atom. The van der Waals surface area contributed by atoms with E-state index in [9.17, 15) is 0 Å². The van der Waals surface area contributed by atoms with Crippen LogP contribution in [0.15, 0.2) is 133 Å². The zero-order chi connectivity index (χ0) is 44.6. The highest BCUT2D eigenvalue weighted by Crippen LogP contribution is 2.62. The second-order valence-electron chi connectivity index (χ2n) is 16.9. The molecule has 6 aromatic carbocycles. The summed E-state index contributed by atoms with van der Waals surface area (Å²) in [6.45, 7) is 35.2. The van der Waals surface area contributed by atoms with Gasteiger partial charge in [0.1, 0.15) is 0 Å². The summed E-state index contributed by atoms with van der Waals surface area (Å²) in [5, 5.41) is 0. The van der Waals surface area contributed by atoms with Gasteiger partial charge >= 0.3 is 0 Å². The van der Waals surface area contributed by atoms with E-state index in [1.165, 1.54) is 78.4 Å². The maximum atomic E-state index is 2.49. The lowest BCUT2D eigenvalue weighted by atomic mass is 9.45. The standard InChI is InChI=1S/C58H74N4/c1-13-59(14-2)49-31-35-53(43(9)39-49)57(47-27-23-21-24-28-47,54-36-32-50(40-44(54)10)60(15-3)16-4)58(48-29-25-22-26-30-48,55-37-33-51(41-45(55)11)61(17-5)18-6)56-38-34-52(42-46(56)12)62(19-7)20-8/h21-42H,13-20H2,1-12H3. The van der Waals surface area contributed by atoms with Crippen molar-refractivity contribution in [1.82, 2.24) is 0 Å². The van der Waals surface area contributed by atoms with E-state index in [1.54, 1.807) is 0 Å². The minimum absolute atomic E-state index is 0.781. The van der Waals surface area contributed by atoms with Crippen LogP contribution in [0.5, 0.6) is 0 Å². The first-order valence-electron chi connectivity index (χ1n) is 23.6. The fourth-order valence-corrected chi connectivity index (χ4v) is 10.9. The molecule has 0 spiro atoms. The minimum Gasteiger partial charge on any atom is -0.372 e. The summed E-state index contributed by atoms with van der Waals surface area (Å²) >= 11 is 0. The molecule has 0 unspecified atom stereocenters. The van der Waals surface area contributed by atoms with Crippen molar-refractivity contribution in [3.8, 4) is 0 Å². The second kappa shape index (κ2) is 20.1. The summed E-state index contributed by atoms with van der Waals surface area (Å²) in [4.78, 5) is 9.90. The molecule has 0 atom stereocenters. The van der Waals surface area contributed by atoms with Crippen molar-refractivity contribution in [1.29, 1.82) is 0 Å². The van der Waals surface area contributed by atoms with Gasteiger partial charge in [-0.25, -0.2) is 0 Å². The van der Waals surface area contributed by atoms with Gasteiger partial charge in [0.05, 0.1) is 10.8 Å². The first kappa shape index (κ1) is 46.0. The van der Waals surface area contributed by atoms with Crippen molar-refractivity contribution in [3.05, 3.63) is 189 Å². The molecule has 0 saturated heterocycles. The number of hydrogen-bond acceptors (Lipinski definition) is 4. The van der Waals surface area contributed by atoms with Crippen LogP contribution in [0.3, 0.4) is 0 Å². The molecule has 0 bridgehead atoms. The number of aryl methyl sites for hydroxylation is 4. The van der Waals surface area contributed by atoms with Crippen LogP contribution >= 0.6 is 0 Å². The van der Waals surface area contributed by atoms with E-state index in [4.69, 9.17) is 0 Å². The average molecular weight is 827 g/mol. The van der Waals surface area contributed by atoms with E-state index in [0.717, 1.165) is 52.4 Å². The van der Waals surface area contributed by atoms with E-state index >= 15 is 0 Å². The van der Waals surface area contributed by atoms with Gasteiger partial charge in [-0.3, -0.25) is 0 Å². The zero-order valence-electron chi connectivity index (χ0n) is 40.1. The van der Waals surface area contributed by atoms with E-state index in [2.05, 4.69) is 236 Å². The van der Waals surface area contributed by atoms with Crippen LogP contribution in [0.4, 0.5) is 22.7 Å². The first-order valence-corrected chi connectivity index (χ1v) is 23.6. The highest BCUT2D eigenvalue weighted by molar-refractivity contribution is 5.74. The third-order valence-corrected chi connectivity index (χ3v) is 13.9. The third kappa shape index (κ3) is 8.02. The molecule has 0 fully saturated rings. The minimum atomic E-state index is -0.781. The Kier molecular flexibility index (Phi) is 15.0. The van der Waals surface area contributed by atoms with Crippen LogP contribution in [-0.4, -0.2) is 52.4 Å². The number of nitrogens with zero attached hydrogens (tertiary/aromatic N) is 4. The molecule has 0 radical (unpaired) electrons. The highest BCUT2D eigenvalue weighted by atomic mass is 15.1. The van der Waals surface area contributed by atoms with Gasteiger partial charge in [-0.1, -0.05) is 84.9 Å². The topological polar surface area (TPSA) is 13.0 Å². The quantitative estimate of drug-likeness (QED) is 0.0754. The van der Waals surface area contributed by atoms with Crippen LogP contribution in [0.25, 0.3) is 0 Å². The molecule has 62 heavy (non-hydrogen) atoms. The van der Waals surface area contributed by atoms with Gasteiger partial charge in [-0.2, -0.15) is 0 Å². The Labute approximate surface area is 376 Å². The molecule has 0 heterocycles. The molecule has 6 aromatic rings. The number of anilines is 4. The summed E-state index contributed by atoms with van der Waals surface area (Å²) in [6.07, 6.45) is 0. The summed E-state index contributed by atoms with van der Waals surface area (Å²) in [6, 6.07) is 52.4. The normalized spacial score (nSPS) is 11.7. The lowest BCUT2D eigenvalue weighted by Gasteiger charge is -2.55. The van der Waals surface area contributed by atoms with Crippen LogP contribution < -0.4 is 19.6 Å². The van der Waals surface area contributed by atoms with Crippen molar-refractivity contribution in [2.45, 2.75) is 93.9 Å². The molecule has 0 aliphatic heterocycles. The maximum absolute atomic E-state index is 2.49. The smallest absolute Gasteiger partial charge is 0.0634 e. The van der Waals surface area contributed by atoms with Crippen molar-refractivity contribution >= 4 is 22.7 Å². The van der Waals surface area contributed by atoms with Crippen molar-refractivity contribution in [2.24, 2.45) is 0 Å². The van der Waals surface area contributed by atoms with Crippen LogP contribution in [-0.2, 0) is 10.8 Å². The molecule has 0 aliphatic carbocycles. The second-order valence-corrected chi connectivity index (χ2v) is 16.9. The zero-order valence-corrected chi connectivity index (χ0v) is 40.1. The van der Waals surface area contributed by atoms with Gasteiger partial charge in [-0.05, 0) is 187 Å². The predicted octanol–water partition coefficient (Wildman–Crippen LogP) is 13.7. The molecule has 0 N–H and O–H groups in total. The highest BCUT2D eigenvalue weighted by Gasteiger charge is 2.59.